The number of thiazole rings is 1. The molecular formula is C17H20F5N5O3S2. The Morgan fingerprint density at radius 1 is 1.28 bits per heavy atom. The van der Waals surface area contributed by atoms with Crippen LogP contribution in [0.2, 0.25) is 0 Å². The lowest BCUT2D eigenvalue weighted by atomic mass is 9.95. The second kappa shape index (κ2) is 9.11. The third kappa shape index (κ3) is 5.50. The van der Waals surface area contributed by atoms with Gasteiger partial charge in [-0.15, -0.1) is 11.3 Å². The van der Waals surface area contributed by atoms with Crippen LogP contribution in [0.1, 0.15) is 29.9 Å². The molecule has 0 bridgehead atoms. The number of alkyl halides is 5. The molecule has 3 heterocycles. The zero-order valence-corrected chi connectivity index (χ0v) is 18.5. The van der Waals surface area contributed by atoms with Crippen LogP contribution in [0.4, 0.5) is 27.9 Å². The number of nitrogens with zero attached hydrogens (tertiary/aromatic N) is 4. The lowest BCUT2D eigenvalue weighted by Gasteiger charge is -2.35. The third-order valence-corrected chi connectivity index (χ3v) is 7.35. The molecule has 1 aliphatic heterocycles. The van der Waals surface area contributed by atoms with Crippen LogP contribution >= 0.6 is 11.3 Å². The Labute approximate surface area is 184 Å². The van der Waals surface area contributed by atoms with Gasteiger partial charge in [0.1, 0.15) is 16.3 Å². The molecule has 1 fully saturated rings. The predicted octanol–water partition coefficient (Wildman–Crippen LogP) is 3.00. The van der Waals surface area contributed by atoms with E-state index < -0.39 is 40.0 Å². The quantitative estimate of drug-likeness (QED) is 0.586. The molecule has 0 aromatic carbocycles. The van der Waals surface area contributed by atoms with Crippen molar-refractivity contribution in [2.75, 3.05) is 24.7 Å². The number of aliphatic hydroxyl groups is 1. The molecule has 0 aliphatic carbocycles. The summed E-state index contributed by atoms with van der Waals surface area (Å²) >= 11 is 0.479. The number of aliphatic hydroxyl groups excluding tert-OH is 1. The SMILES string of the molecule is C[C@@H]1CN(S(C)(=O)=O)CC[C@@H]1Nc1ncc(C(F)(F)F)c(-c2ncc(C(O)C(F)F)s2)n1. The Balaban J connectivity index is 1.89. The number of piperidine rings is 1. The van der Waals surface area contributed by atoms with Crippen LogP contribution in [0.5, 0.6) is 0 Å². The standard InChI is InChI=1S/C17H20F5N5O3S2/c1-8-7-27(32(2,29)30)4-3-10(8)25-16-24-5-9(17(20,21)22)12(26-16)15-23-6-11(31-15)13(28)14(18)19/h5-6,8,10,13-14,28H,3-4,7H2,1-2H3,(H,24,25,26)/t8-,10+,13?/m1/s1. The second-order valence-corrected chi connectivity index (χ2v) is 10.5. The fourth-order valence-electron chi connectivity index (χ4n) is 3.27. The van der Waals surface area contributed by atoms with E-state index in [1.807, 2.05) is 0 Å². The number of hydrogen-bond donors (Lipinski definition) is 2. The number of aromatic nitrogens is 3. The van der Waals surface area contributed by atoms with Gasteiger partial charge in [0.15, 0.2) is 6.10 Å². The topological polar surface area (TPSA) is 108 Å². The van der Waals surface area contributed by atoms with Crippen molar-refractivity contribution in [1.29, 1.82) is 0 Å². The maximum atomic E-state index is 13.5. The first-order valence-electron chi connectivity index (χ1n) is 9.35. The van der Waals surface area contributed by atoms with Crippen LogP contribution in [0, 0.1) is 5.92 Å². The van der Waals surface area contributed by atoms with Gasteiger partial charge in [-0.3, -0.25) is 0 Å². The Kier molecular flexibility index (Phi) is 7.02. The van der Waals surface area contributed by atoms with Gasteiger partial charge in [0.25, 0.3) is 6.43 Å². The van der Waals surface area contributed by atoms with Crippen molar-refractivity contribution in [3.05, 3.63) is 22.8 Å². The van der Waals surface area contributed by atoms with Gasteiger partial charge in [0, 0.05) is 31.5 Å². The highest BCUT2D eigenvalue weighted by atomic mass is 32.2. The normalized spacial score (nSPS) is 21.7. The monoisotopic (exact) mass is 501 g/mol. The molecule has 2 N–H and O–H groups in total. The molecule has 1 aliphatic rings. The lowest BCUT2D eigenvalue weighted by Crippen LogP contribution is -2.47. The third-order valence-electron chi connectivity index (χ3n) is 5.00. The summed E-state index contributed by atoms with van der Waals surface area (Å²) in [5, 5.41) is 12.1. The number of hydrogen-bond acceptors (Lipinski definition) is 8. The van der Waals surface area contributed by atoms with Crippen LogP contribution in [0.15, 0.2) is 12.4 Å². The molecule has 0 spiro atoms. The summed E-state index contributed by atoms with van der Waals surface area (Å²) in [5.74, 6) is -0.315. The average molecular weight is 502 g/mol. The van der Waals surface area contributed by atoms with Gasteiger partial charge < -0.3 is 10.4 Å². The number of sulfonamides is 1. The molecule has 8 nitrogen and oxygen atoms in total. The van der Waals surface area contributed by atoms with Crippen molar-refractivity contribution < 1.29 is 35.5 Å². The largest absolute Gasteiger partial charge is 0.420 e. The van der Waals surface area contributed by atoms with Gasteiger partial charge in [-0.2, -0.15) is 13.2 Å². The molecule has 2 aromatic rings. The Bertz CT molecular complexity index is 1060. The van der Waals surface area contributed by atoms with Crippen molar-refractivity contribution in [2.45, 2.75) is 38.1 Å². The summed E-state index contributed by atoms with van der Waals surface area (Å²) < 4.78 is 90.7. The van der Waals surface area contributed by atoms with Crippen molar-refractivity contribution in [2.24, 2.45) is 5.92 Å². The van der Waals surface area contributed by atoms with E-state index in [9.17, 15) is 35.5 Å². The maximum Gasteiger partial charge on any atom is 0.420 e. The van der Waals surface area contributed by atoms with Crippen LogP contribution in [-0.4, -0.2) is 64.6 Å². The van der Waals surface area contributed by atoms with Gasteiger partial charge in [0.05, 0.1) is 11.1 Å². The molecule has 3 rings (SSSR count). The van der Waals surface area contributed by atoms with Crippen LogP contribution in [-0.2, 0) is 16.2 Å². The molecular weight excluding hydrogens is 481 g/mol. The highest BCUT2D eigenvalue weighted by Gasteiger charge is 2.37. The van der Waals surface area contributed by atoms with E-state index in [0.29, 0.717) is 24.0 Å². The Hall–Kier alpha value is -1.97. The van der Waals surface area contributed by atoms with Gasteiger partial charge in [-0.1, -0.05) is 6.92 Å². The highest BCUT2D eigenvalue weighted by molar-refractivity contribution is 7.88. The lowest BCUT2D eigenvalue weighted by molar-refractivity contribution is -0.137. The zero-order chi connectivity index (χ0) is 23.8. The van der Waals surface area contributed by atoms with Gasteiger partial charge >= 0.3 is 6.18 Å². The fraction of sp³-hybridized carbons (Fsp3) is 0.588. The summed E-state index contributed by atoms with van der Waals surface area (Å²) in [7, 11) is -3.36. The molecule has 178 valence electrons. The average Bonchev–Trinajstić information content (AvgIpc) is 3.17. The summed E-state index contributed by atoms with van der Waals surface area (Å²) in [6.45, 7) is 2.25. The minimum atomic E-state index is -4.82. The molecule has 0 amide bonds. The number of anilines is 1. The van der Waals surface area contributed by atoms with Crippen LogP contribution in [0.25, 0.3) is 10.7 Å². The van der Waals surface area contributed by atoms with Crippen molar-refractivity contribution in [3.63, 3.8) is 0 Å². The molecule has 32 heavy (non-hydrogen) atoms. The smallest absolute Gasteiger partial charge is 0.382 e. The summed E-state index contributed by atoms with van der Waals surface area (Å²) in [6.07, 6.45) is -7.17. The molecule has 1 unspecified atom stereocenters. The van der Waals surface area contributed by atoms with E-state index in [1.165, 1.54) is 4.31 Å². The summed E-state index contributed by atoms with van der Waals surface area (Å²) in [5.41, 5.74) is -1.80. The molecule has 0 saturated carbocycles. The molecule has 3 atom stereocenters. The number of halogens is 5. The molecule has 15 heteroatoms. The first-order chi connectivity index (χ1) is 14.8. The van der Waals surface area contributed by atoms with Gasteiger partial charge in [-0.25, -0.2) is 36.5 Å². The maximum absolute atomic E-state index is 13.5. The Morgan fingerprint density at radius 2 is 1.97 bits per heavy atom. The Morgan fingerprint density at radius 3 is 2.53 bits per heavy atom. The highest BCUT2D eigenvalue weighted by Crippen LogP contribution is 2.39. The van der Waals surface area contributed by atoms with Crippen molar-refractivity contribution >= 4 is 27.3 Å². The second-order valence-electron chi connectivity index (χ2n) is 7.44. The molecule has 0 radical (unpaired) electrons. The number of nitrogens with one attached hydrogen (secondary N) is 1. The first kappa shape index (κ1) is 24.7. The van der Waals surface area contributed by atoms with Crippen molar-refractivity contribution in [3.8, 4) is 10.7 Å². The minimum absolute atomic E-state index is 0.135. The zero-order valence-electron chi connectivity index (χ0n) is 16.8. The van der Waals surface area contributed by atoms with E-state index in [-0.39, 0.29) is 40.9 Å². The van der Waals surface area contributed by atoms with E-state index in [1.54, 1.807) is 6.92 Å². The molecule has 2 aromatic heterocycles. The van der Waals surface area contributed by atoms with Gasteiger partial charge in [-0.05, 0) is 12.3 Å². The van der Waals surface area contributed by atoms with E-state index in [0.717, 1.165) is 12.5 Å². The first-order valence-corrected chi connectivity index (χ1v) is 12.0. The fourth-order valence-corrected chi connectivity index (χ4v) is 5.12. The van der Waals surface area contributed by atoms with Crippen LogP contribution < -0.4 is 5.32 Å². The van der Waals surface area contributed by atoms with Gasteiger partial charge in [0.2, 0.25) is 16.0 Å². The van der Waals surface area contributed by atoms with E-state index >= 15 is 0 Å². The van der Waals surface area contributed by atoms with E-state index in [4.69, 9.17) is 0 Å². The predicted molar refractivity (Wildman–Crippen MR) is 107 cm³/mol. The number of rotatable bonds is 6. The molecule has 1 saturated heterocycles. The van der Waals surface area contributed by atoms with Crippen molar-refractivity contribution in [1.82, 2.24) is 19.3 Å². The van der Waals surface area contributed by atoms with E-state index in [2.05, 4.69) is 20.3 Å². The summed E-state index contributed by atoms with van der Waals surface area (Å²) in [6, 6.07) is -0.301. The summed E-state index contributed by atoms with van der Waals surface area (Å²) in [4.78, 5) is 11.1. The van der Waals surface area contributed by atoms with Crippen LogP contribution in [0.3, 0.4) is 0 Å². The minimum Gasteiger partial charge on any atom is -0.382 e.